The van der Waals surface area contributed by atoms with Crippen molar-refractivity contribution in [2.24, 2.45) is 5.41 Å². The summed E-state index contributed by atoms with van der Waals surface area (Å²) in [6.45, 7) is 3.78. The number of aliphatic hydroxyl groups excluding tert-OH is 1. The number of hydrogen-bond acceptors (Lipinski definition) is 7. The predicted molar refractivity (Wildman–Crippen MR) is 160 cm³/mol. The zero-order chi connectivity index (χ0) is 30.8. The molecule has 0 bridgehead atoms. The summed E-state index contributed by atoms with van der Waals surface area (Å²) in [5.41, 5.74) is -3.00. The number of rotatable bonds is 4. The first-order valence-electron chi connectivity index (χ1n) is 13.5. The molecule has 6 rings (SSSR count). The van der Waals surface area contributed by atoms with Crippen LogP contribution >= 0.6 is 11.6 Å². The Morgan fingerprint density at radius 3 is 2.19 bits per heavy atom. The summed E-state index contributed by atoms with van der Waals surface area (Å²) < 4.78 is 5.21. The third kappa shape index (κ3) is 4.06. The van der Waals surface area contributed by atoms with Crippen LogP contribution in [0.1, 0.15) is 32.3 Å². The van der Waals surface area contributed by atoms with Crippen molar-refractivity contribution in [3.63, 3.8) is 0 Å². The molecule has 0 radical (unpaired) electrons. The molecule has 2 aliphatic heterocycles. The van der Waals surface area contributed by atoms with Gasteiger partial charge in [-0.25, -0.2) is 0 Å². The maximum atomic E-state index is 15.1. The molecule has 43 heavy (non-hydrogen) atoms. The second-order valence-electron chi connectivity index (χ2n) is 11.5. The Labute approximate surface area is 252 Å². The van der Waals surface area contributed by atoms with Gasteiger partial charge in [-0.3, -0.25) is 29.0 Å². The minimum absolute atomic E-state index is 0.0168. The number of Topliss-reactive ketones (excluding diaryl/α,β-unsaturated/α-hetero) is 2. The predicted octanol–water partition coefficient (Wildman–Crippen LogP) is 5.37. The quantitative estimate of drug-likeness (QED) is 0.235. The first kappa shape index (κ1) is 28.2. The number of fused-ring (bicyclic) bond motifs is 1. The van der Waals surface area contributed by atoms with E-state index in [1.807, 2.05) is 13.8 Å². The fourth-order valence-corrected chi connectivity index (χ4v) is 6.46. The lowest BCUT2D eigenvalue weighted by atomic mass is 9.70. The van der Waals surface area contributed by atoms with Crippen LogP contribution in [0.4, 0.5) is 11.4 Å². The van der Waals surface area contributed by atoms with Gasteiger partial charge in [0, 0.05) is 28.4 Å². The minimum atomic E-state index is -2.40. The molecule has 1 atom stereocenters. The number of hydrogen-bond donors (Lipinski definition) is 2. The van der Waals surface area contributed by atoms with Gasteiger partial charge in [0.15, 0.2) is 11.3 Å². The van der Waals surface area contributed by atoms with Crippen LogP contribution in [0.15, 0.2) is 89.6 Å². The molecule has 2 N–H and O–H groups in total. The molecule has 1 saturated heterocycles. The van der Waals surface area contributed by atoms with Crippen LogP contribution in [0.3, 0.4) is 0 Å². The summed E-state index contributed by atoms with van der Waals surface area (Å²) >= 11 is 6.15. The fraction of sp³-hybridized carbons (Fsp3) is 0.212. The number of aromatic hydroxyl groups is 1. The number of para-hydroxylation sites is 2. The van der Waals surface area contributed by atoms with Crippen molar-refractivity contribution in [2.75, 3.05) is 16.9 Å². The molecule has 1 aliphatic carbocycles. The van der Waals surface area contributed by atoms with Gasteiger partial charge in [0.2, 0.25) is 0 Å². The average Bonchev–Trinajstić information content (AvgIpc) is 3.35. The Morgan fingerprint density at radius 1 is 0.907 bits per heavy atom. The van der Waals surface area contributed by atoms with Gasteiger partial charge in [0.25, 0.3) is 11.7 Å². The van der Waals surface area contributed by atoms with E-state index in [2.05, 4.69) is 0 Å². The molecular formula is C33H27ClN2O7. The second kappa shape index (κ2) is 9.84. The van der Waals surface area contributed by atoms with E-state index in [4.69, 9.17) is 16.3 Å². The van der Waals surface area contributed by atoms with Crippen LogP contribution in [0, 0.1) is 5.41 Å². The average molecular weight is 599 g/mol. The molecule has 3 aliphatic rings. The molecule has 3 aromatic carbocycles. The molecule has 0 aromatic heterocycles. The van der Waals surface area contributed by atoms with Crippen LogP contribution in [-0.4, -0.2) is 46.2 Å². The second-order valence-corrected chi connectivity index (χ2v) is 11.9. The lowest BCUT2D eigenvalue weighted by molar-refractivity contribution is -0.132. The van der Waals surface area contributed by atoms with Crippen LogP contribution in [0.2, 0.25) is 5.02 Å². The van der Waals surface area contributed by atoms with E-state index < -0.39 is 51.4 Å². The summed E-state index contributed by atoms with van der Waals surface area (Å²) in [7, 11) is 1.47. The normalized spacial score (nSPS) is 22.5. The molecule has 218 valence electrons. The number of aliphatic hydroxyl groups is 1. The highest BCUT2D eigenvalue weighted by atomic mass is 35.5. The summed E-state index contributed by atoms with van der Waals surface area (Å²) in [6.07, 6.45) is 0.265. The Bertz CT molecular complexity index is 1790. The van der Waals surface area contributed by atoms with E-state index >= 15 is 4.79 Å². The SMILES string of the molecule is COc1ccc(/C(O)=C2\C(=O)C(=O)N(c3ccccc3O)C23C(=O)N(c2ccc(Cl)cc2)C2=C3C(=O)CC(C)(C)C2)cc1. The van der Waals surface area contributed by atoms with E-state index in [0.717, 1.165) is 4.90 Å². The van der Waals surface area contributed by atoms with Gasteiger partial charge >= 0.3 is 5.91 Å². The van der Waals surface area contributed by atoms with Crippen LogP contribution in [-0.2, 0) is 19.2 Å². The first-order chi connectivity index (χ1) is 20.4. The lowest BCUT2D eigenvalue weighted by Crippen LogP contribution is -2.56. The Balaban J connectivity index is 1.74. The smallest absolute Gasteiger partial charge is 0.300 e. The first-order valence-corrected chi connectivity index (χ1v) is 13.9. The van der Waals surface area contributed by atoms with Crippen molar-refractivity contribution >= 4 is 52.1 Å². The summed E-state index contributed by atoms with van der Waals surface area (Å²) in [6, 6.07) is 18.2. The number of phenolic OH excluding ortho intramolecular Hbond substituents is 1. The molecule has 1 fully saturated rings. The number of ether oxygens (including phenoxy) is 1. The lowest BCUT2D eigenvalue weighted by Gasteiger charge is -2.37. The molecule has 1 unspecified atom stereocenters. The Kier molecular flexibility index (Phi) is 6.47. The van der Waals surface area contributed by atoms with Gasteiger partial charge in [-0.1, -0.05) is 37.6 Å². The number of methoxy groups -OCH3 is 1. The minimum Gasteiger partial charge on any atom is -0.507 e. The number of allylic oxidation sites excluding steroid dienone is 1. The van der Waals surface area contributed by atoms with E-state index in [0.29, 0.717) is 22.2 Å². The Morgan fingerprint density at radius 2 is 1.56 bits per heavy atom. The molecule has 3 aromatic rings. The summed E-state index contributed by atoms with van der Waals surface area (Å²) in [5, 5.41) is 23.1. The standard InChI is InChI=1S/C33H27ClN2O7/c1-32(2)16-23-26(25(38)17-32)33(31(42)35(23)20-12-10-19(34)11-13-20)27(28(39)18-8-14-21(43-3)15-9-18)29(40)30(41)36(33)22-6-4-5-7-24(22)37/h4-15,37,39H,16-17H2,1-3H3/b28-27-. The van der Waals surface area contributed by atoms with E-state index in [9.17, 15) is 24.6 Å². The number of ketones is 2. The van der Waals surface area contributed by atoms with Crippen LogP contribution in [0.25, 0.3) is 5.76 Å². The third-order valence-electron chi connectivity index (χ3n) is 8.13. The molecule has 9 nitrogen and oxygen atoms in total. The monoisotopic (exact) mass is 598 g/mol. The topological polar surface area (TPSA) is 124 Å². The third-order valence-corrected chi connectivity index (χ3v) is 8.38. The number of halogens is 1. The van der Waals surface area contributed by atoms with Crippen molar-refractivity contribution in [1.29, 1.82) is 0 Å². The molecule has 0 saturated carbocycles. The van der Waals surface area contributed by atoms with Gasteiger partial charge in [0.1, 0.15) is 17.3 Å². The van der Waals surface area contributed by atoms with Gasteiger partial charge in [0.05, 0.1) is 23.9 Å². The number of nitrogens with zero attached hydrogens (tertiary/aromatic N) is 2. The van der Waals surface area contributed by atoms with Crippen LogP contribution in [0.5, 0.6) is 11.5 Å². The van der Waals surface area contributed by atoms with Crippen LogP contribution < -0.4 is 14.5 Å². The van der Waals surface area contributed by atoms with Gasteiger partial charge in [-0.05, 0) is 72.5 Å². The molecule has 10 heteroatoms. The maximum Gasteiger partial charge on any atom is 0.300 e. The van der Waals surface area contributed by atoms with Crippen molar-refractivity contribution in [2.45, 2.75) is 32.2 Å². The summed E-state index contributed by atoms with van der Waals surface area (Å²) in [4.78, 5) is 59.5. The highest BCUT2D eigenvalue weighted by Crippen LogP contribution is 2.57. The van der Waals surface area contributed by atoms with E-state index in [1.165, 1.54) is 48.4 Å². The number of carbonyl (C=O) groups is 4. The zero-order valence-corrected chi connectivity index (χ0v) is 24.3. The van der Waals surface area contributed by atoms with E-state index in [1.54, 1.807) is 36.4 Å². The van der Waals surface area contributed by atoms with Gasteiger partial charge in [-0.2, -0.15) is 0 Å². The number of carbonyl (C=O) groups excluding carboxylic acids is 4. The maximum absolute atomic E-state index is 15.1. The fourth-order valence-electron chi connectivity index (χ4n) is 6.34. The number of benzene rings is 3. The van der Waals surface area contributed by atoms with Crippen molar-refractivity contribution in [1.82, 2.24) is 0 Å². The van der Waals surface area contributed by atoms with Crippen molar-refractivity contribution < 1.29 is 34.1 Å². The highest BCUT2D eigenvalue weighted by Gasteiger charge is 2.71. The Hall–Kier alpha value is -4.89. The number of amides is 2. The largest absolute Gasteiger partial charge is 0.507 e. The van der Waals surface area contributed by atoms with Crippen molar-refractivity contribution in [3.05, 3.63) is 100 Å². The van der Waals surface area contributed by atoms with E-state index in [-0.39, 0.29) is 29.7 Å². The number of anilines is 2. The number of phenols is 1. The molecular weight excluding hydrogens is 572 g/mol. The summed E-state index contributed by atoms with van der Waals surface area (Å²) in [5.74, 6) is -4.19. The molecule has 1 spiro atoms. The zero-order valence-electron chi connectivity index (χ0n) is 23.6. The molecule has 2 heterocycles. The van der Waals surface area contributed by atoms with Gasteiger partial charge in [-0.15, -0.1) is 0 Å². The highest BCUT2D eigenvalue weighted by molar-refractivity contribution is 6.56. The van der Waals surface area contributed by atoms with Crippen molar-refractivity contribution in [3.8, 4) is 11.5 Å². The van der Waals surface area contributed by atoms with Gasteiger partial charge < -0.3 is 14.9 Å². The molecule has 2 amide bonds.